The minimum absolute atomic E-state index is 0.382. The monoisotopic (exact) mass is 341 g/mol. The maximum atomic E-state index is 6.13. The molecule has 2 N–H and O–H groups in total. The Balaban J connectivity index is 2.36. The van der Waals surface area contributed by atoms with Gasteiger partial charge in [-0.25, -0.2) is 0 Å². The van der Waals surface area contributed by atoms with Crippen LogP contribution in [0.2, 0.25) is 5.02 Å². The van der Waals surface area contributed by atoms with Crippen molar-refractivity contribution in [3.63, 3.8) is 0 Å². The van der Waals surface area contributed by atoms with Crippen molar-refractivity contribution in [2.45, 2.75) is 6.54 Å². The number of nitrogens with two attached hydrogens (primary N) is 1. The van der Waals surface area contributed by atoms with Crippen LogP contribution in [0.15, 0.2) is 40.9 Å². The van der Waals surface area contributed by atoms with Crippen molar-refractivity contribution in [1.82, 2.24) is 0 Å². The number of rotatable bonds is 4. The molecule has 100 valence electrons. The number of ether oxygens (including phenoxy) is 2. The summed E-state index contributed by atoms with van der Waals surface area (Å²) in [6, 6.07) is 11.0. The third kappa shape index (κ3) is 3.41. The Labute approximate surface area is 125 Å². The van der Waals surface area contributed by atoms with E-state index in [1.165, 1.54) is 0 Å². The van der Waals surface area contributed by atoms with E-state index in [2.05, 4.69) is 15.9 Å². The molecule has 3 nitrogen and oxygen atoms in total. The maximum absolute atomic E-state index is 6.13. The van der Waals surface area contributed by atoms with Crippen molar-refractivity contribution in [3.8, 4) is 17.2 Å². The molecule has 0 saturated carbocycles. The smallest absolute Gasteiger partial charge is 0.146 e. The molecular formula is C14H13BrClNO2. The molecule has 0 spiro atoms. The highest BCUT2D eigenvalue weighted by molar-refractivity contribution is 9.10. The van der Waals surface area contributed by atoms with Crippen LogP contribution in [0.25, 0.3) is 0 Å². The molecule has 0 aliphatic heterocycles. The van der Waals surface area contributed by atoms with E-state index >= 15 is 0 Å². The second-order valence-corrected chi connectivity index (χ2v) is 5.18. The highest BCUT2D eigenvalue weighted by Gasteiger charge is 2.09. The number of hydrogen-bond acceptors (Lipinski definition) is 3. The summed E-state index contributed by atoms with van der Waals surface area (Å²) in [7, 11) is 1.60. The van der Waals surface area contributed by atoms with Crippen LogP contribution in [-0.4, -0.2) is 7.11 Å². The lowest BCUT2D eigenvalue weighted by atomic mass is 10.2. The number of benzene rings is 2. The molecule has 2 aromatic rings. The molecular weight excluding hydrogens is 330 g/mol. The van der Waals surface area contributed by atoms with Crippen LogP contribution in [0.4, 0.5) is 0 Å². The first kappa shape index (κ1) is 14.2. The van der Waals surface area contributed by atoms with Crippen molar-refractivity contribution in [3.05, 3.63) is 51.5 Å². The molecule has 0 aromatic heterocycles. The Hall–Kier alpha value is -1.23. The summed E-state index contributed by atoms with van der Waals surface area (Å²) in [5.41, 5.74) is 6.59. The molecule has 0 amide bonds. The largest absolute Gasteiger partial charge is 0.497 e. The lowest BCUT2D eigenvalue weighted by Gasteiger charge is -2.12. The summed E-state index contributed by atoms with van der Waals surface area (Å²) in [5.74, 6) is 1.93. The quantitative estimate of drug-likeness (QED) is 0.897. The molecule has 0 fully saturated rings. The van der Waals surface area contributed by atoms with E-state index in [1.807, 2.05) is 18.2 Å². The van der Waals surface area contributed by atoms with E-state index in [1.54, 1.807) is 25.3 Å². The molecule has 0 radical (unpaired) electrons. The first-order valence-electron chi connectivity index (χ1n) is 5.64. The van der Waals surface area contributed by atoms with E-state index in [4.69, 9.17) is 26.8 Å². The Morgan fingerprint density at radius 3 is 2.58 bits per heavy atom. The molecule has 2 aromatic carbocycles. The van der Waals surface area contributed by atoms with Crippen LogP contribution in [0, 0.1) is 0 Å². The predicted octanol–water partition coefficient (Wildman–Crippen LogP) is 4.36. The summed E-state index contributed by atoms with van der Waals surface area (Å²) < 4.78 is 11.9. The van der Waals surface area contributed by atoms with Gasteiger partial charge >= 0.3 is 0 Å². The molecule has 0 saturated heterocycles. The fourth-order valence-electron chi connectivity index (χ4n) is 1.60. The summed E-state index contributed by atoms with van der Waals surface area (Å²) in [5, 5.41) is 0.528. The van der Waals surface area contributed by atoms with Gasteiger partial charge in [0.25, 0.3) is 0 Å². The molecule has 0 bridgehead atoms. The molecule has 19 heavy (non-hydrogen) atoms. The molecule has 2 rings (SSSR count). The number of halogens is 2. The van der Waals surface area contributed by atoms with Crippen molar-refractivity contribution in [1.29, 1.82) is 0 Å². The molecule has 0 heterocycles. The summed E-state index contributed by atoms with van der Waals surface area (Å²) >= 11 is 9.48. The first-order valence-corrected chi connectivity index (χ1v) is 6.81. The fourth-order valence-corrected chi connectivity index (χ4v) is 2.31. The van der Waals surface area contributed by atoms with Crippen molar-refractivity contribution in [2.75, 3.05) is 7.11 Å². The zero-order chi connectivity index (χ0) is 13.8. The lowest BCUT2D eigenvalue weighted by molar-refractivity contribution is 0.408. The highest BCUT2D eigenvalue weighted by Crippen LogP contribution is 2.34. The molecule has 5 heteroatoms. The summed E-state index contributed by atoms with van der Waals surface area (Å²) in [4.78, 5) is 0. The van der Waals surface area contributed by atoms with Crippen molar-refractivity contribution >= 4 is 27.5 Å². The Bertz CT molecular complexity index is 590. The number of hydrogen-bond donors (Lipinski definition) is 1. The van der Waals surface area contributed by atoms with Gasteiger partial charge in [0, 0.05) is 22.6 Å². The van der Waals surface area contributed by atoms with E-state index < -0.39 is 0 Å². The minimum Gasteiger partial charge on any atom is -0.497 e. The zero-order valence-corrected chi connectivity index (χ0v) is 12.7. The van der Waals surface area contributed by atoms with Crippen LogP contribution in [0.5, 0.6) is 17.2 Å². The third-order valence-corrected chi connectivity index (χ3v) is 3.40. The van der Waals surface area contributed by atoms with Gasteiger partial charge in [0.2, 0.25) is 0 Å². The Kier molecular flexibility index (Phi) is 4.69. The zero-order valence-electron chi connectivity index (χ0n) is 10.3. The van der Waals surface area contributed by atoms with Gasteiger partial charge in [0.15, 0.2) is 0 Å². The molecule has 0 aliphatic carbocycles. The van der Waals surface area contributed by atoms with Crippen molar-refractivity contribution < 1.29 is 9.47 Å². The number of methoxy groups -OCH3 is 1. The Morgan fingerprint density at radius 2 is 1.95 bits per heavy atom. The van der Waals surface area contributed by atoms with Gasteiger partial charge in [-0.15, -0.1) is 0 Å². The predicted molar refractivity (Wildman–Crippen MR) is 80.1 cm³/mol. The summed E-state index contributed by atoms with van der Waals surface area (Å²) in [6.07, 6.45) is 0. The molecule has 0 unspecified atom stereocenters. The van der Waals surface area contributed by atoms with Gasteiger partial charge in [-0.1, -0.05) is 33.6 Å². The topological polar surface area (TPSA) is 44.5 Å². The third-order valence-electron chi connectivity index (χ3n) is 2.61. The van der Waals surface area contributed by atoms with E-state index in [0.29, 0.717) is 28.8 Å². The first-order chi connectivity index (χ1) is 9.13. The van der Waals surface area contributed by atoms with Gasteiger partial charge < -0.3 is 15.2 Å². The Morgan fingerprint density at radius 1 is 1.16 bits per heavy atom. The SMILES string of the molecule is COc1ccc(CN)c(Oc2ccc(Br)cc2Cl)c1. The summed E-state index contributed by atoms with van der Waals surface area (Å²) in [6.45, 7) is 0.382. The van der Waals surface area contributed by atoms with Crippen molar-refractivity contribution in [2.24, 2.45) is 5.73 Å². The van der Waals surface area contributed by atoms with Crippen LogP contribution in [0.1, 0.15) is 5.56 Å². The van der Waals surface area contributed by atoms with Gasteiger partial charge in [0.05, 0.1) is 12.1 Å². The van der Waals surface area contributed by atoms with Gasteiger partial charge in [-0.3, -0.25) is 0 Å². The van der Waals surface area contributed by atoms with Gasteiger partial charge in [-0.2, -0.15) is 0 Å². The second kappa shape index (κ2) is 6.28. The van der Waals surface area contributed by atoms with Crippen LogP contribution < -0.4 is 15.2 Å². The maximum Gasteiger partial charge on any atom is 0.146 e. The second-order valence-electron chi connectivity index (χ2n) is 3.85. The normalized spacial score (nSPS) is 10.3. The molecule has 0 aliphatic rings. The minimum atomic E-state index is 0.382. The van der Waals surface area contributed by atoms with E-state index in [-0.39, 0.29) is 0 Å². The van der Waals surface area contributed by atoms with Gasteiger partial charge in [0.1, 0.15) is 17.2 Å². The molecule has 0 atom stereocenters. The average Bonchev–Trinajstić information content (AvgIpc) is 2.41. The standard InChI is InChI=1S/C14H13BrClNO2/c1-18-11-4-2-9(8-17)14(7-11)19-13-5-3-10(15)6-12(13)16/h2-7H,8,17H2,1H3. The van der Waals surface area contributed by atoms with Crippen LogP contribution in [-0.2, 0) is 6.54 Å². The highest BCUT2D eigenvalue weighted by atomic mass is 79.9. The van der Waals surface area contributed by atoms with E-state index in [9.17, 15) is 0 Å². The average molecular weight is 343 g/mol. The van der Waals surface area contributed by atoms with Crippen LogP contribution >= 0.6 is 27.5 Å². The van der Waals surface area contributed by atoms with Crippen LogP contribution in [0.3, 0.4) is 0 Å². The van der Waals surface area contributed by atoms with Gasteiger partial charge in [-0.05, 0) is 24.3 Å². The van der Waals surface area contributed by atoms with E-state index in [0.717, 1.165) is 10.0 Å². The fraction of sp³-hybridized carbons (Fsp3) is 0.143. The lowest BCUT2D eigenvalue weighted by Crippen LogP contribution is -2.00.